The molecule has 0 saturated carbocycles. The van der Waals surface area contributed by atoms with E-state index in [0.29, 0.717) is 40.9 Å². The number of aliphatic hydroxyl groups is 1. The van der Waals surface area contributed by atoms with Gasteiger partial charge >= 0.3 is 0 Å². The van der Waals surface area contributed by atoms with Gasteiger partial charge in [0.1, 0.15) is 17.2 Å². The first-order valence-electron chi connectivity index (χ1n) is 11.1. The molecule has 0 aliphatic carbocycles. The smallest absolute Gasteiger partial charge is 0.268 e. The monoisotopic (exact) mass is 454 g/mol. The predicted octanol–water partition coefficient (Wildman–Crippen LogP) is 3.67. The van der Waals surface area contributed by atoms with Gasteiger partial charge < -0.3 is 24.6 Å². The number of hydrogen-bond acceptors (Lipinski definition) is 6. The number of phenols is 1. The fourth-order valence-corrected chi connectivity index (χ4v) is 4.98. The zero-order valence-electron chi connectivity index (χ0n) is 18.5. The average molecular weight is 454 g/mol. The molecular formula is C27H22N2O5. The lowest BCUT2D eigenvalue weighted by atomic mass is 9.83. The lowest BCUT2D eigenvalue weighted by Gasteiger charge is -2.25. The number of carbonyl (C=O) groups is 1. The molecule has 3 heterocycles. The molecule has 3 aromatic carbocycles. The molecule has 7 heteroatoms. The molecule has 4 aromatic rings. The van der Waals surface area contributed by atoms with Gasteiger partial charge in [-0.15, -0.1) is 0 Å². The predicted molar refractivity (Wildman–Crippen MR) is 126 cm³/mol. The minimum absolute atomic E-state index is 0.150. The Kier molecular flexibility index (Phi) is 4.50. The van der Waals surface area contributed by atoms with E-state index in [2.05, 4.69) is 4.98 Å². The molecule has 0 spiro atoms. The van der Waals surface area contributed by atoms with Crippen molar-refractivity contribution in [2.75, 3.05) is 18.6 Å². The third-order valence-corrected chi connectivity index (χ3v) is 6.67. The van der Waals surface area contributed by atoms with Gasteiger partial charge in [-0.2, -0.15) is 0 Å². The van der Waals surface area contributed by atoms with E-state index >= 15 is 0 Å². The van der Waals surface area contributed by atoms with E-state index < -0.39 is 11.5 Å². The highest BCUT2D eigenvalue weighted by molar-refractivity contribution is 6.13. The first-order chi connectivity index (χ1) is 16.5. The number of phenolic OH excluding ortho intramolecular Hbond substituents is 1. The van der Waals surface area contributed by atoms with E-state index in [-0.39, 0.29) is 17.9 Å². The van der Waals surface area contributed by atoms with Gasteiger partial charge in [-0.3, -0.25) is 9.78 Å². The molecule has 170 valence electrons. The Morgan fingerprint density at radius 1 is 1.15 bits per heavy atom. The first-order valence-corrected chi connectivity index (χ1v) is 11.1. The van der Waals surface area contributed by atoms with Crippen molar-refractivity contribution < 1.29 is 24.5 Å². The number of pyridine rings is 1. The van der Waals surface area contributed by atoms with Gasteiger partial charge in [0.15, 0.2) is 0 Å². The van der Waals surface area contributed by atoms with Gasteiger partial charge in [0.25, 0.3) is 5.91 Å². The van der Waals surface area contributed by atoms with Crippen LogP contribution < -0.4 is 14.4 Å². The van der Waals surface area contributed by atoms with Crippen molar-refractivity contribution in [1.82, 2.24) is 4.98 Å². The highest BCUT2D eigenvalue weighted by Crippen LogP contribution is 2.51. The molecule has 2 aliphatic heterocycles. The summed E-state index contributed by atoms with van der Waals surface area (Å²) >= 11 is 0. The topological polar surface area (TPSA) is 92.1 Å². The Labute approximate surface area is 195 Å². The summed E-state index contributed by atoms with van der Waals surface area (Å²) in [6.45, 7) is 0.746. The number of fused-ring (bicyclic) bond motifs is 4. The summed E-state index contributed by atoms with van der Waals surface area (Å²) < 4.78 is 10.8. The van der Waals surface area contributed by atoms with Crippen molar-refractivity contribution >= 4 is 22.5 Å². The third kappa shape index (κ3) is 2.87. The van der Waals surface area contributed by atoms with Crippen LogP contribution in [0.5, 0.6) is 17.2 Å². The zero-order valence-corrected chi connectivity index (χ0v) is 18.5. The number of rotatable bonds is 4. The van der Waals surface area contributed by atoms with Gasteiger partial charge in [0, 0.05) is 35.2 Å². The molecule has 1 amide bonds. The molecule has 0 radical (unpaired) electrons. The van der Waals surface area contributed by atoms with Crippen LogP contribution in [0.1, 0.15) is 22.3 Å². The first kappa shape index (κ1) is 20.5. The Bertz CT molecular complexity index is 1450. The van der Waals surface area contributed by atoms with Crippen molar-refractivity contribution in [3.05, 3.63) is 89.1 Å². The molecule has 7 nitrogen and oxygen atoms in total. The lowest BCUT2D eigenvalue weighted by molar-refractivity contribution is -0.132. The van der Waals surface area contributed by atoms with Gasteiger partial charge in [0.2, 0.25) is 5.60 Å². The van der Waals surface area contributed by atoms with Crippen LogP contribution in [0.2, 0.25) is 0 Å². The number of benzene rings is 3. The van der Waals surface area contributed by atoms with Gasteiger partial charge in [0.05, 0.1) is 31.5 Å². The summed E-state index contributed by atoms with van der Waals surface area (Å²) in [6.07, 6.45) is 2.32. The maximum atomic E-state index is 14.0. The van der Waals surface area contributed by atoms with Crippen LogP contribution in [0.15, 0.2) is 66.9 Å². The van der Waals surface area contributed by atoms with Crippen LogP contribution in [0, 0.1) is 0 Å². The SMILES string of the molecule is COc1ccc(CN2C(=O)C(O)(c3cc4c(cc3O)OCC4)c3c2ccc2ncccc32)cc1. The Hall–Kier alpha value is -4.10. The maximum Gasteiger partial charge on any atom is 0.268 e. The fraction of sp³-hybridized carbons (Fsp3) is 0.185. The average Bonchev–Trinajstić information content (AvgIpc) is 3.40. The third-order valence-electron chi connectivity index (χ3n) is 6.67. The van der Waals surface area contributed by atoms with Crippen molar-refractivity contribution in [2.24, 2.45) is 0 Å². The van der Waals surface area contributed by atoms with Crippen molar-refractivity contribution in [3.63, 3.8) is 0 Å². The molecule has 1 unspecified atom stereocenters. The summed E-state index contributed by atoms with van der Waals surface area (Å²) in [5.74, 6) is 0.583. The largest absolute Gasteiger partial charge is 0.507 e. The van der Waals surface area contributed by atoms with E-state index in [4.69, 9.17) is 9.47 Å². The van der Waals surface area contributed by atoms with Crippen LogP contribution in [0.4, 0.5) is 5.69 Å². The minimum Gasteiger partial charge on any atom is -0.507 e. The lowest BCUT2D eigenvalue weighted by Crippen LogP contribution is -2.41. The number of ether oxygens (including phenoxy) is 2. The molecule has 2 aliphatic rings. The van der Waals surface area contributed by atoms with Crippen LogP contribution in [0.25, 0.3) is 10.9 Å². The number of aromatic hydroxyl groups is 1. The quantitative estimate of drug-likeness (QED) is 0.489. The molecule has 1 aromatic heterocycles. The van der Waals surface area contributed by atoms with Crippen molar-refractivity contribution in [3.8, 4) is 17.2 Å². The number of amides is 1. The molecule has 6 rings (SSSR count). The van der Waals surface area contributed by atoms with Crippen LogP contribution in [-0.2, 0) is 23.4 Å². The summed E-state index contributed by atoms with van der Waals surface area (Å²) in [4.78, 5) is 20.0. The Balaban J connectivity index is 1.56. The maximum absolute atomic E-state index is 14.0. The van der Waals surface area contributed by atoms with E-state index in [9.17, 15) is 15.0 Å². The second kappa shape index (κ2) is 7.46. The van der Waals surface area contributed by atoms with Crippen LogP contribution >= 0.6 is 0 Å². The number of methoxy groups -OCH3 is 1. The van der Waals surface area contributed by atoms with Crippen molar-refractivity contribution in [2.45, 2.75) is 18.6 Å². The van der Waals surface area contributed by atoms with E-state index in [1.54, 1.807) is 36.4 Å². The van der Waals surface area contributed by atoms with Gasteiger partial charge in [-0.1, -0.05) is 18.2 Å². The number of aromatic nitrogens is 1. The van der Waals surface area contributed by atoms with Gasteiger partial charge in [-0.05, 0) is 47.5 Å². The fourth-order valence-electron chi connectivity index (χ4n) is 4.98. The van der Waals surface area contributed by atoms with Crippen LogP contribution in [0.3, 0.4) is 0 Å². The standard InChI is InChI=1S/C27H22N2O5/c1-33-18-6-4-16(5-7-18)15-29-22-9-8-21-19(3-2-11-28-21)25(22)27(32,26(29)31)20-13-17-10-12-34-24(17)14-23(20)30/h2-9,11,13-14,30,32H,10,12,15H2,1H3. The summed E-state index contributed by atoms with van der Waals surface area (Å²) in [5.41, 5.74) is 1.46. The van der Waals surface area contributed by atoms with E-state index in [1.165, 1.54) is 6.07 Å². The molecule has 0 fully saturated rings. The molecule has 34 heavy (non-hydrogen) atoms. The second-order valence-electron chi connectivity index (χ2n) is 8.56. The number of carbonyl (C=O) groups excluding carboxylic acids is 1. The number of anilines is 1. The summed E-state index contributed by atoms with van der Waals surface area (Å²) in [7, 11) is 1.60. The highest BCUT2D eigenvalue weighted by Gasteiger charge is 2.53. The number of nitrogens with zero attached hydrogens (tertiary/aromatic N) is 2. The molecule has 2 N–H and O–H groups in total. The summed E-state index contributed by atoms with van der Waals surface area (Å²) in [6, 6.07) is 17.9. The van der Waals surface area contributed by atoms with Crippen LogP contribution in [-0.4, -0.2) is 34.8 Å². The number of hydrogen-bond donors (Lipinski definition) is 2. The highest BCUT2D eigenvalue weighted by atomic mass is 16.5. The minimum atomic E-state index is -2.08. The van der Waals surface area contributed by atoms with Gasteiger partial charge in [-0.25, -0.2) is 0 Å². The normalized spacial score (nSPS) is 18.6. The molecule has 1 atom stereocenters. The second-order valence-corrected chi connectivity index (χ2v) is 8.56. The van der Waals surface area contributed by atoms with Crippen molar-refractivity contribution in [1.29, 1.82) is 0 Å². The Morgan fingerprint density at radius 3 is 2.76 bits per heavy atom. The molecule has 0 bridgehead atoms. The van der Waals surface area contributed by atoms with E-state index in [1.807, 2.05) is 36.4 Å². The zero-order chi connectivity index (χ0) is 23.4. The molecular weight excluding hydrogens is 432 g/mol. The summed E-state index contributed by atoms with van der Waals surface area (Å²) in [5, 5.41) is 23.8. The Morgan fingerprint density at radius 2 is 1.97 bits per heavy atom. The molecule has 0 saturated heterocycles. The van der Waals surface area contributed by atoms with E-state index in [0.717, 1.165) is 16.9 Å².